The van der Waals surface area contributed by atoms with Crippen LogP contribution in [0.5, 0.6) is 0 Å². The molecule has 14 heavy (non-hydrogen) atoms. The van der Waals surface area contributed by atoms with Crippen molar-refractivity contribution in [3.8, 4) is 0 Å². The molecule has 5 heteroatoms. The van der Waals surface area contributed by atoms with Crippen LogP contribution in [0.1, 0.15) is 19.0 Å². The van der Waals surface area contributed by atoms with Crippen molar-refractivity contribution < 1.29 is 0 Å². The topological polar surface area (TPSA) is 55.0 Å². The lowest BCUT2D eigenvalue weighted by Gasteiger charge is -2.21. The van der Waals surface area contributed by atoms with Gasteiger partial charge in [-0.1, -0.05) is 6.92 Å². The molecule has 1 aliphatic rings. The maximum atomic E-state index is 5.75. The molecule has 1 aromatic rings. The van der Waals surface area contributed by atoms with Gasteiger partial charge >= 0.3 is 0 Å². The fourth-order valence-electron chi connectivity index (χ4n) is 1.91. The van der Waals surface area contributed by atoms with E-state index in [4.69, 9.17) is 5.73 Å². The van der Waals surface area contributed by atoms with E-state index in [-0.39, 0.29) is 0 Å². The predicted octanol–water partition coefficient (Wildman–Crippen LogP) is 0.709. The zero-order valence-corrected chi connectivity index (χ0v) is 9.26. The van der Waals surface area contributed by atoms with Crippen molar-refractivity contribution in [3.05, 3.63) is 11.9 Å². The average Bonchev–Trinajstić information content (AvgIpc) is 2.78. The van der Waals surface area contributed by atoms with Crippen molar-refractivity contribution >= 4 is 11.7 Å². The smallest absolute Gasteiger partial charge is 0.0883 e. The summed E-state index contributed by atoms with van der Waals surface area (Å²) in [5.41, 5.74) is 7.14. The van der Waals surface area contributed by atoms with E-state index in [2.05, 4.69) is 20.6 Å². The van der Waals surface area contributed by atoms with Gasteiger partial charge < -0.3 is 5.73 Å². The highest BCUT2D eigenvalue weighted by Gasteiger charge is 2.32. The standard InChI is InChI=1S/C9H16N4S/c1-9(6-10)2-3-13(7-9)5-8-4-11-14-12-8/h4H,2-3,5-7,10H2,1H3. The van der Waals surface area contributed by atoms with E-state index >= 15 is 0 Å². The van der Waals surface area contributed by atoms with Gasteiger partial charge in [-0.3, -0.25) is 4.90 Å². The summed E-state index contributed by atoms with van der Waals surface area (Å²) in [6, 6.07) is 0. The van der Waals surface area contributed by atoms with Gasteiger partial charge in [0.25, 0.3) is 0 Å². The largest absolute Gasteiger partial charge is 0.330 e. The quantitative estimate of drug-likeness (QED) is 0.801. The minimum absolute atomic E-state index is 0.309. The molecular formula is C9H16N4S. The lowest BCUT2D eigenvalue weighted by atomic mass is 9.90. The van der Waals surface area contributed by atoms with Crippen LogP contribution >= 0.6 is 11.7 Å². The molecule has 1 aliphatic heterocycles. The summed E-state index contributed by atoms with van der Waals surface area (Å²) in [4.78, 5) is 2.41. The van der Waals surface area contributed by atoms with Gasteiger partial charge in [-0.15, -0.1) is 0 Å². The van der Waals surface area contributed by atoms with E-state index in [9.17, 15) is 0 Å². The second kappa shape index (κ2) is 3.92. The molecule has 78 valence electrons. The summed E-state index contributed by atoms with van der Waals surface area (Å²) < 4.78 is 8.21. The van der Waals surface area contributed by atoms with Crippen LogP contribution in [0.15, 0.2) is 6.20 Å². The number of aromatic nitrogens is 2. The Bertz CT molecular complexity index is 287. The fourth-order valence-corrected chi connectivity index (χ4v) is 2.34. The molecule has 0 radical (unpaired) electrons. The van der Waals surface area contributed by atoms with E-state index in [1.165, 1.54) is 18.1 Å². The summed E-state index contributed by atoms with van der Waals surface area (Å²) in [5.74, 6) is 0. The van der Waals surface area contributed by atoms with Gasteiger partial charge in [0.15, 0.2) is 0 Å². The molecular weight excluding hydrogens is 196 g/mol. The maximum Gasteiger partial charge on any atom is 0.0883 e. The van der Waals surface area contributed by atoms with Crippen molar-refractivity contribution in [2.24, 2.45) is 11.1 Å². The first-order valence-corrected chi connectivity index (χ1v) is 5.64. The molecule has 0 amide bonds. The molecule has 0 spiro atoms. The summed E-state index contributed by atoms with van der Waals surface area (Å²) >= 11 is 1.28. The van der Waals surface area contributed by atoms with Gasteiger partial charge in [0, 0.05) is 13.1 Å². The summed E-state index contributed by atoms with van der Waals surface area (Å²) in [5, 5.41) is 0. The summed E-state index contributed by atoms with van der Waals surface area (Å²) in [6.45, 7) is 6.17. The van der Waals surface area contributed by atoms with Gasteiger partial charge in [0.1, 0.15) is 0 Å². The zero-order chi connectivity index (χ0) is 10.0. The molecule has 2 rings (SSSR count). The average molecular weight is 212 g/mol. The lowest BCUT2D eigenvalue weighted by molar-refractivity contribution is 0.272. The second-order valence-electron chi connectivity index (χ2n) is 4.37. The normalized spacial score (nSPS) is 28.4. The molecule has 0 aliphatic carbocycles. The third-order valence-corrected chi connectivity index (χ3v) is 3.44. The van der Waals surface area contributed by atoms with E-state index in [1.54, 1.807) is 0 Å². The first kappa shape index (κ1) is 10.0. The third-order valence-electron chi connectivity index (χ3n) is 2.92. The van der Waals surface area contributed by atoms with Crippen molar-refractivity contribution in [3.63, 3.8) is 0 Å². The second-order valence-corrected chi connectivity index (χ2v) is 4.93. The van der Waals surface area contributed by atoms with Crippen molar-refractivity contribution in [1.29, 1.82) is 0 Å². The van der Waals surface area contributed by atoms with Crippen LogP contribution in [0.2, 0.25) is 0 Å². The molecule has 0 aromatic carbocycles. The molecule has 0 bridgehead atoms. The van der Waals surface area contributed by atoms with E-state index in [0.717, 1.165) is 31.9 Å². The zero-order valence-electron chi connectivity index (χ0n) is 8.44. The van der Waals surface area contributed by atoms with E-state index < -0.39 is 0 Å². The number of nitrogens with two attached hydrogens (primary N) is 1. The van der Waals surface area contributed by atoms with Crippen molar-refractivity contribution in [2.45, 2.75) is 19.9 Å². The van der Waals surface area contributed by atoms with Crippen molar-refractivity contribution in [2.75, 3.05) is 19.6 Å². The molecule has 0 saturated carbocycles. The highest BCUT2D eigenvalue weighted by molar-refractivity contribution is 6.99. The Hall–Kier alpha value is -0.520. The molecule has 1 fully saturated rings. The SMILES string of the molecule is CC1(CN)CCN(Cc2cnsn2)C1. The van der Waals surface area contributed by atoms with E-state index in [0.29, 0.717) is 5.41 Å². The van der Waals surface area contributed by atoms with Crippen LogP contribution in [-0.4, -0.2) is 33.3 Å². The van der Waals surface area contributed by atoms with Gasteiger partial charge in [0.05, 0.1) is 23.6 Å². The number of likely N-dealkylation sites (tertiary alicyclic amines) is 1. The maximum absolute atomic E-state index is 5.75. The minimum Gasteiger partial charge on any atom is -0.330 e. The van der Waals surface area contributed by atoms with Gasteiger partial charge in [-0.2, -0.15) is 8.75 Å². The molecule has 2 N–H and O–H groups in total. The Kier molecular flexibility index (Phi) is 2.80. The number of nitrogens with zero attached hydrogens (tertiary/aromatic N) is 3. The van der Waals surface area contributed by atoms with Crippen LogP contribution < -0.4 is 5.73 Å². The van der Waals surface area contributed by atoms with Crippen LogP contribution in [0.3, 0.4) is 0 Å². The van der Waals surface area contributed by atoms with Crippen LogP contribution in [0.25, 0.3) is 0 Å². The Labute approximate surface area is 88.4 Å². The van der Waals surface area contributed by atoms with Gasteiger partial charge in [-0.25, -0.2) is 0 Å². The summed E-state index contributed by atoms with van der Waals surface area (Å²) in [7, 11) is 0. The number of hydrogen-bond donors (Lipinski definition) is 1. The van der Waals surface area contributed by atoms with Crippen LogP contribution in [0, 0.1) is 5.41 Å². The van der Waals surface area contributed by atoms with Crippen molar-refractivity contribution in [1.82, 2.24) is 13.6 Å². The predicted molar refractivity (Wildman–Crippen MR) is 57.0 cm³/mol. The first-order chi connectivity index (χ1) is 6.72. The Morgan fingerprint density at radius 3 is 3.14 bits per heavy atom. The number of rotatable bonds is 3. The Balaban J connectivity index is 1.90. The van der Waals surface area contributed by atoms with E-state index in [1.807, 2.05) is 6.20 Å². The highest BCUT2D eigenvalue weighted by atomic mass is 32.1. The minimum atomic E-state index is 0.309. The van der Waals surface area contributed by atoms with Gasteiger partial charge in [-0.05, 0) is 24.9 Å². The molecule has 4 nitrogen and oxygen atoms in total. The molecule has 1 atom stereocenters. The Morgan fingerprint density at radius 2 is 2.57 bits per heavy atom. The molecule has 1 aromatic heterocycles. The third kappa shape index (κ3) is 2.10. The van der Waals surface area contributed by atoms with Crippen LogP contribution in [0.4, 0.5) is 0 Å². The first-order valence-electron chi connectivity index (χ1n) is 4.91. The monoisotopic (exact) mass is 212 g/mol. The molecule has 1 unspecified atom stereocenters. The lowest BCUT2D eigenvalue weighted by Crippen LogP contribution is -2.31. The van der Waals surface area contributed by atoms with Gasteiger partial charge in [0.2, 0.25) is 0 Å². The number of hydrogen-bond acceptors (Lipinski definition) is 5. The van der Waals surface area contributed by atoms with Crippen LogP contribution in [-0.2, 0) is 6.54 Å². The highest BCUT2D eigenvalue weighted by Crippen LogP contribution is 2.29. The molecule has 2 heterocycles. The molecule has 1 saturated heterocycles. The summed E-state index contributed by atoms with van der Waals surface area (Å²) in [6.07, 6.45) is 3.05. The fraction of sp³-hybridized carbons (Fsp3) is 0.778. The Morgan fingerprint density at radius 1 is 1.71 bits per heavy atom.